The molecule has 0 heterocycles. The van der Waals surface area contributed by atoms with E-state index in [0.717, 1.165) is 0 Å². The molecule has 2 aliphatic carbocycles. The molecule has 0 aliphatic heterocycles. The van der Waals surface area contributed by atoms with Gasteiger partial charge in [0.25, 0.3) is 0 Å². The number of hydrogen-bond donors (Lipinski definition) is 0. The van der Waals surface area contributed by atoms with Crippen LogP contribution in [0, 0.1) is 16.7 Å². The molecule has 0 spiro atoms. The molecule has 3 atom stereocenters. The second-order valence-corrected chi connectivity index (χ2v) is 5.01. The van der Waals surface area contributed by atoms with Gasteiger partial charge < -0.3 is 0 Å². The van der Waals surface area contributed by atoms with E-state index >= 15 is 0 Å². The Morgan fingerprint density at radius 3 is 2.25 bits per heavy atom. The molecule has 0 aromatic rings. The number of halogens is 1. The topological polar surface area (TPSA) is 17.1 Å². The molecule has 0 unspecified atom stereocenters. The van der Waals surface area contributed by atoms with E-state index in [-0.39, 0.29) is 22.5 Å². The van der Waals surface area contributed by atoms with Crippen molar-refractivity contribution in [1.29, 1.82) is 0 Å². The van der Waals surface area contributed by atoms with Crippen LogP contribution in [0.15, 0.2) is 0 Å². The fourth-order valence-electron chi connectivity index (χ4n) is 2.94. The molecule has 1 nitrogen and oxygen atoms in total. The standard InChI is InChI=1S/C10H15FO/c1-9(2)6-4-8(12)10(9,3)5-7(6)11/h6-7H,4-5H2,1-3H3/t6-,7-,10-/m0/s1. The van der Waals surface area contributed by atoms with Crippen LogP contribution in [0.1, 0.15) is 33.6 Å². The van der Waals surface area contributed by atoms with Crippen LogP contribution >= 0.6 is 0 Å². The van der Waals surface area contributed by atoms with Gasteiger partial charge in [0.05, 0.1) is 0 Å². The zero-order valence-corrected chi connectivity index (χ0v) is 7.86. The predicted molar refractivity (Wildman–Crippen MR) is 44.5 cm³/mol. The van der Waals surface area contributed by atoms with Crippen molar-refractivity contribution in [3.63, 3.8) is 0 Å². The first-order chi connectivity index (χ1) is 5.39. The predicted octanol–water partition coefficient (Wildman–Crippen LogP) is 2.35. The Balaban J connectivity index is 2.47. The summed E-state index contributed by atoms with van der Waals surface area (Å²) in [4.78, 5) is 11.6. The third kappa shape index (κ3) is 0.629. The van der Waals surface area contributed by atoms with Crippen LogP contribution in [0.4, 0.5) is 4.39 Å². The Hall–Kier alpha value is -0.400. The van der Waals surface area contributed by atoms with Crippen LogP contribution in [0.25, 0.3) is 0 Å². The summed E-state index contributed by atoms with van der Waals surface area (Å²) in [6.07, 6.45) is 0.163. The summed E-state index contributed by atoms with van der Waals surface area (Å²) in [6, 6.07) is 0. The average Bonchev–Trinajstić information content (AvgIpc) is 2.18. The number of carbonyl (C=O) groups excluding carboxylic acids is 1. The number of rotatable bonds is 0. The first-order valence-corrected chi connectivity index (χ1v) is 4.57. The second kappa shape index (κ2) is 1.91. The molecule has 2 saturated carbocycles. The van der Waals surface area contributed by atoms with Crippen molar-refractivity contribution in [3.05, 3.63) is 0 Å². The van der Waals surface area contributed by atoms with E-state index in [4.69, 9.17) is 0 Å². The molecule has 2 rings (SSSR count). The molecule has 0 amide bonds. The zero-order valence-electron chi connectivity index (χ0n) is 7.86. The maximum atomic E-state index is 13.4. The molecule has 0 aromatic heterocycles. The van der Waals surface area contributed by atoms with Crippen LogP contribution < -0.4 is 0 Å². The summed E-state index contributed by atoms with van der Waals surface area (Å²) >= 11 is 0. The maximum absolute atomic E-state index is 13.4. The van der Waals surface area contributed by atoms with Crippen LogP contribution in [0.5, 0.6) is 0 Å². The highest BCUT2D eigenvalue weighted by Crippen LogP contribution is 2.64. The van der Waals surface area contributed by atoms with Crippen molar-refractivity contribution in [2.45, 2.75) is 39.8 Å². The van der Waals surface area contributed by atoms with Crippen molar-refractivity contribution >= 4 is 5.78 Å². The number of fused-ring (bicyclic) bond motifs is 2. The van der Waals surface area contributed by atoms with Gasteiger partial charge in [-0.25, -0.2) is 4.39 Å². The minimum Gasteiger partial charge on any atom is -0.299 e. The molecule has 0 saturated heterocycles. The fraction of sp³-hybridized carbons (Fsp3) is 0.900. The minimum absolute atomic E-state index is 0.0185. The van der Waals surface area contributed by atoms with Gasteiger partial charge in [-0.3, -0.25) is 4.79 Å². The molecule has 2 fully saturated rings. The Morgan fingerprint density at radius 1 is 1.42 bits per heavy atom. The van der Waals surface area contributed by atoms with Crippen LogP contribution in [-0.4, -0.2) is 12.0 Å². The van der Waals surface area contributed by atoms with Gasteiger partial charge in [-0.1, -0.05) is 20.8 Å². The zero-order chi connectivity index (χ0) is 9.15. The van der Waals surface area contributed by atoms with E-state index in [1.807, 2.05) is 20.8 Å². The van der Waals surface area contributed by atoms with Crippen molar-refractivity contribution in [3.8, 4) is 0 Å². The fourth-order valence-corrected chi connectivity index (χ4v) is 2.94. The van der Waals surface area contributed by atoms with E-state index < -0.39 is 6.17 Å². The summed E-state index contributed by atoms with van der Waals surface area (Å²) < 4.78 is 13.4. The Morgan fingerprint density at radius 2 is 2.00 bits per heavy atom. The molecule has 0 radical (unpaired) electrons. The minimum atomic E-state index is -0.748. The third-order valence-electron chi connectivity index (χ3n) is 4.41. The first-order valence-electron chi connectivity index (χ1n) is 4.57. The van der Waals surface area contributed by atoms with E-state index in [9.17, 15) is 9.18 Å². The number of carbonyl (C=O) groups is 1. The summed E-state index contributed by atoms with van der Waals surface area (Å²) in [6.45, 7) is 5.99. The lowest BCUT2D eigenvalue weighted by atomic mass is 9.70. The molecule has 2 bridgehead atoms. The van der Waals surface area contributed by atoms with E-state index in [2.05, 4.69) is 0 Å². The van der Waals surface area contributed by atoms with E-state index in [1.165, 1.54) is 0 Å². The molecular weight excluding hydrogens is 155 g/mol. The summed E-state index contributed by atoms with van der Waals surface area (Å²) in [5.41, 5.74) is -0.499. The van der Waals surface area contributed by atoms with E-state index in [1.54, 1.807) is 0 Å². The number of ketones is 1. The van der Waals surface area contributed by atoms with Gasteiger partial charge in [0, 0.05) is 17.8 Å². The average molecular weight is 170 g/mol. The van der Waals surface area contributed by atoms with Crippen molar-refractivity contribution in [2.75, 3.05) is 0 Å². The Bertz CT molecular complexity index is 246. The summed E-state index contributed by atoms with van der Waals surface area (Å²) in [7, 11) is 0. The SMILES string of the molecule is CC1(C)[C@H]2CC(=O)[C@]1(C)C[C@@H]2F. The molecule has 0 aromatic carbocycles. The van der Waals surface area contributed by atoms with Crippen LogP contribution in [0.3, 0.4) is 0 Å². The number of alkyl halides is 1. The van der Waals surface area contributed by atoms with Crippen LogP contribution in [0.2, 0.25) is 0 Å². The smallest absolute Gasteiger partial charge is 0.139 e. The van der Waals surface area contributed by atoms with E-state index in [0.29, 0.717) is 12.8 Å². The highest BCUT2D eigenvalue weighted by atomic mass is 19.1. The van der Waals surface area contributed by atoms with Gasteiger partial charge in [-0.15, -0.1) is 0 Å². The molecule has 12 heavy (non-hydrogen) atoms. The Labute approximate surface area is 72.3 Å². The molecule has 2 aliphatic rings. The maximum Gasteiger partial charge on any atom is 0.139 e. The highest BCUT2D eigenvalue weighted by molar-refractivity contribution is 5.89. The van der Waals surface area contributed by atoms with Gasteiger partial charge in [0.2, 0.25) is 0 Å². The van der Waals surface area contributed by atoms with Gasteiger partial charge in [-0.2, -0.15) is 0 Å². The summed E-state index contributed by atoms with van der Waals surface area (Å²) in [5, 5.41) is 0. The van der Waals surface area contributed by atoms with Crippen molar-refractivity contribution in [1.82, 2.24) is 0 Å². The second-order valence-electron chi connectivity index (χ2n) is 5.01. The van der Waals surface area contributed by atoms with Gasteiger partial charge >= 0.3 is 0 Å². The van der Waals surface area contributed by atoms with Gasteiger partial charge in [-0.05, 0) is 11.8 Å². The highest BCUT2D eigenvalue weighted by Gasteiger charge is 2.65. The largest absolute Gasteiger partial charge is 0.299 e. The lowest BCUT2D eigenvalue weighted by Gasteiger charge is -2.31. The quantitative estimate of drug-likeness (QED) is 0.545. The third-order valence-corrected chi connectivity index (χ3v) is 4.41. The summed E-state index contributed by atoms with van der Waals surface area (Å²) in [5.74, 6) is 0.251. The van der Waals surface area contributed by atoms with Crippen molar-refractivity contribution < 1.29 is 9.18 Å². The normalized spacial score (nSPS) is 50.2. The first kappa shape index (κ1) is 8.21. The lowest BCUT2D eigenvalue weighted by Crippen LogP contribution is -2.32. The molecular formula is C10H15FO. The molecule has 68 valence electrons. The number of Topliss-reactive ketones (excluding diaryl/α,β-unsaturated/α-hetero) is 1. The van der Waals surface area contributed by atoms with Crippen LogP contribution in [-0.2, 0) is 4.79 Å². The number of hydrogen-bond acceptors (Lipinski definition) is 1. The molecule has 0 N–H and O–H groups in total. The van der Waals surface area contributed by atoms with Gasteiger partial charge in [0.15, 0.2) is 0 Å². The molecule has 2 heteroatoms. The lowest BCUT2D eigenvalue weighted by molar-refractivity contribution is -0.129. The Kier molecular flexibility index (Phi) is 1.31. The monoisotopic (exact) mass is 170 g/mol. The van der Waals surface area contributed by atoms with Gasteiger partial charge in [0.1, 0.15) is 12.0 Å². The van der Waals surface area contributed by atoms with Crippen molar-refractivity contribution in [2.24, 2.45) is 16.7 Å².